The normalized spacial score (nSPS) is 10.4. The number of rotatable bonds is 3. The maximum Gasteiger partial charge on any atom is 0.255 e. The molecule has 1 amide bonds. The molecule has 0 unspecified atom stereocenters. The minimum absolute atomic E-state index is 0.133. The van der Waals surface area contributed by atoms with Crippen LogP contribution in [0.1, 0.15) is 10.4 Å². The molecule has 0 bridgehead atoms. The molecule has 3 rings (SSSR count). The number of aromatic nitrogens is 1. The van der Waals surface area contributed by atoms with E-state index in [4.69, 9.17) is 4.74 Å². The Hall–Kier alpha value is -2.75. The summed E-state index contributed by atoms with van der Waals surface area (Å²) in [5.74, 6) is 0.627. The van der Waals surface area contributed by atoms with Crippen molar-refractivity contribution in [1.29, 1.82) is 0 Å². The standard InChI is InChI=1S/C16H14N2O2/c1-20-14-6-4-13(5-7-14)18-16(19)12-3-2-11-8-9-17-15(11)10-12/h2-10,17H,1H3,(H,18,19). The number of hydrogen-bond donors (Lipinski definition) is 2. The SMILES string of the molecule is COc1ccc(NC(=O)c2ccc3cc[nH]c3c2)cc1. The first kappa shape index (κ1) is 12.3. The zero-order valence-electron chi connectivity index (χ0n) is 11.0. The molecule has 0 aliphatic rings. The van der Waals surface area contributed by atoms with Crippen molar-refractivity contribution in [3.05, 3.63) is 60.3 Å². The van der Waals surface area contributed by atoms with Crippen molar-refractivity contribution < 1.29 is 9.53 Å². The minimum atomic E-state index is -0.133. The van der Waals surface area contributed by atoms with E-state index in [-0.39, 0.29) is 5.91 Å². The number of aromatic amines is 1. The van der Waals surface area contributed by atoms with Crippen LogP contribution >= 0.6 is 0 Å². The summed E-state index contributed by atoms with van der Waals surface area (Å²) in [5, 5.41) is 3.95. The molecule has 0 spiro atoms. The maximum absolute atomic E-state index is 12.2. The summed E-state index contributed by atoms with van der Waals surface area (Å²) in [5.41, 5.74) is 2.31. The summed E-state index contributed by atoms with van der Waals surface area (Å²) in [7, 11) is 1.61. The molecule has 1 heterocycles. The Morgan fingerprint density at radius 1 is 1.10 bits per heavy atom. The van der Waals surface area contributed by atoms with Crippen LogP contribution in [0.25, 0.3) is 10.9 Å². The molecule has 0 saturated heterocycles. The monoisotopic (exact) mass is 266 g/mol. The lowest BCUT2D eigenvalue weighted by Gasteiger charge is -2.06. The zero-order chi connectivity index (χ0) is 13.9. The van der Waals surface area contributed by atoms with E-state index in [2.05, 4.69) is 10.3 Å². The molecule has 2 aromatic carbocycles. The molecule has 0 fully saturated rings. The summed E-state index contributed by atoms with van der Waals surface area (Å²) >= 11 is 0. The van der Waals surface area contributed by atoms with Gasteiger partial charge in [-0.05, 0) is 47.9 Å². The maximum atomic E-state index is 12.2. The van der Waals surface area contributed by atoms with Crippen molar-refractivity contribution in [2.24, 2.45) is 0 Å². The van der Waals surface area contributed by atoms with Gasteiger partial charge in [0.25, 0.3) is 5.91 Å². The predicted molar refractivity (Wildman–Crippen MR) is 79.2 cm³/mol. The average Bonchev–Trinajstić information content (AvgIpc) is 2.95. The number of methoxy groups -OCH3 is 1. The second-order valence-electron chi connectivity index (χ2n) is 4.46. The highest BCUT2D eigenvalue weighted by atomic mass is 16.5. The Labute approximate surface area is 116 Å². The van der Waals surface area contributed by atoms with E-state index in [1.165, 1.54) is 0 Å². The van der Waals surface area contributed by atoms with Crippen molar-refractivity contribution in [2.75, 3.05) is 12.4 Å². The molecule has 0 radical (unpaired) electrons. The molecule has 0 atom stereocenters. The van der Waals surface area contributed by atoms with E-state index < -0.39 is 0 Å². The number of benzene rings is 2. The first-order valence-electron chi connectivity index (χ1n) is 6.29. The molecule has 0 aliphatic carbocycles. The van der Waals surface area contributed by atoms with E-state index in [9.17, 15) is 4.79 Å². The smallest absolute Gasteiger partial charge is 0.255 e. The average molecular weight is 266 g/mol. The third-order valence-corrected chi connectivity index (χ3v) is 3.17. The molecular formula is C16H14N2O2. The van der Waals surface area contributed by atoms with E-state index in [0.29, 0.717) is 5.56 Å². The molecule has 100 valence electrons. The number of fused-ring (bicyclic) bond motifs is 1. The highest BCUT2D eigenvalue weighted by Crippen LogP contribution is 2.18. The van der Waals surface area contributed by atoms with Crippen LogP contribution in [0.5, 0.6) is 5.75 Å². The number of amides is 1. The molecule has 4 heteroatoms. The first-order valence-corrected chi connectivity index (χ1v) is 6.29. The van der Waals surface area contributed by atoms with Gasteiger partial charge in [-0.1, -0.05) is 6.07 Å². The lowest BCUT2D eigenvalue weighted by atomic mass is 10.1. The van der Waals surface area contributed by atoms with Crippen molar-refractivity contribution in [1.82, 2.24) is 4.98 Å². The largest absolute Gasteiger partial charge is 0.497 e. The summed E-state index contributed by atoms with van der Waals surface area (Å²) in [6.45, 7) is 0. The van der Waals surface area contributed by atoms with Crippen LogP contribution in [0.4, 0.5) is 5.69 Å². The molecule has 4 nitrogen and oxygen atoms in total. The van der Waals surface area contributed by atoms with E-state index >= 15 is 0 Å². The van der Waals surface area contributed by atoms with Gasteiger partial charge in [0, 0.05) is 23.0 Å². The molecular weight excluding hydrogens is 252 g/mol. The van der Waals surface area contributed by atoms with Crippen molar-refractivity contribution >= 4 is 22.5 Å². The van der Waals surface area contributed by atoms with Crippen molar-refractivity contribution in [3.8, 4) is 5.75 Å². The first-order chi connectivity index (χ1) is 9.76. The fourth-order valence-electron chi connectivity index (χ4n) is 2.07. The number of anilines is 1. The van der Waals surface area contributed by atoms with Gasteiger partial charge in [0.05, 0.1) is 7.11 Å². The van der Waals surface area contributed by atoms with Crippen LogP contribution in [0.2, 0.25) is 0 Å². The van der Waals surface area contributed by atoms with Crippen molar-refractivity contribution in [3.63, 3.8) is 0 Å². The fraction of sp³-hybridized carbons (Fsp3) is 0.0625. The van der Waals surface area contributed by atoms with E-state index in [1.807, 2.05) is 54.7 Å². The number of nitrogens with one attached hydrogen (secondary N) is 2. The highest BCUT2D eigenvalue weighted by molar-refractivity contribution is 6.06. The number of carbonyl (C=O) groups is 1. The van der Waals surface area contributed by atoms with Crippen LogP contribution in [-0.4, -0.2) is 18.0 Å². The topological polar surface area (TPSA) is 54.1 Å². The number of ether oxygens (including phenoxy) is 1. The van der Waals surface area contributed by atoms with Gasteiger partial charge < -0.3 is 15.0 Å². The van der Waals surface area contributed by atoms with Gasteiger partial charge in [-0.15, -0.1) is 0 Å². The molecule has 2 N–H and O–H groups in total. The van der Waals surface area contributed by atoms with Crippen LogP contribution in [0.3, 0.4) is 0 Å². The van der Waals surface area contributed by atoms with E-state index in [0.717, 1.165) is 22.3 Å². The highest BCUT2D eigenvalue weighted by Gasteiger charge is 2.07. The van der Waals surface area contributed by atoms with Gasteiger partial charge in [0.2, 0.25) is 0 Å². The van der Waals surface area contributed by atoms with Gasteiger partial charge in [0.15, 0.2) is 0 Å². The summed E-state index contributed by atoms with van der Waals surface area (Å²) in [6.07, 6.45) is 1.86. The minimum Gasteiger partial charge on any atom is -0.497 e. The molecule has 1 aromatic heterocycles. The molecule has 0 aliphatic heterocycles. The third-order valence-electron chi connectivity index (χ3n) is 3.17. The molecule has 20 heavy (non-hydrogen) atoms. The molecule has 3 aromatic rings. The number of hydrogen-bond acceptors (Lipinski definition) is 2. The Balaban J connectivity index is 1.80. The van der Waals surface area contributed by atoms with Crippen LogP contribution < -0.4 is 10.1 Å². The number of H-pyrrole nitrogens is 1. The molecule has 0 saturated carbocycles. The van der Waals surface area contributed by atoms with Crippen LogP contribution in [0.15, 0.2) is 54.7 Å². The van der Waals surface area contributed by atoms with Gasteiger partial charge >= 0.3 is 0 Å². The third kappa shape index (κ3) is 2.36. The fourth-order valence-corrected chi connectivity index (χ4v) is 2.07. The van der Waals surface area contributed by atoms with Gasteiger partial charge in [-0.25, -0.2) is 0 Å². The number of carbonyl (C=O) groups excluding carboxylic acids is 1. The van der Waals surface area contributed by atoms with Gasteiger partial charge in [0.1, 0.15) is 5.75 Å². The summed E-state index contributed by atoms with van der Waals surface area (Å²) < 4.78 is 5.08. The van der Waals surface area contributed by atoms with Gasteiger partial charge in [-0.3, -0.25) is 4.79 Å². The Bertz CT molecular complexity index is 745. The quantitative estimate of drug-likeness (QED) is 0.763. The Morgan fingerprint density at radius 2 is 1.90 bits per heavy atom. The van der Waals surface area contributed by atoms with Crippen LogP contribution in [0, 0.1) is 0 Å². The van der Waals surface area contributed by atoms with E-state index in [1.54, 1.807) is 7.11 Å². The zero-order valence-corrected chi connectivity index (χ0v) is 11.0. The second-order valence-corrected chi connectivity index (χ2v) is 4.46. The summed E-state index contributed by atoms with van der Waals surface area (Å²) in [6, 6.07) is 14.8. The Morgan fingerprint density at radius 3 is 2.65 bits per heavy atom. The second kappa shape index (κ2) is 5.09. The lowest BCUT2D eigenvalue weighted by Crippen LogP contribution is -2.11. The van der Waals surface area contributed by atoms with Crippen molar-refractivity contribution in [2.45, 2.75) is 0 Å². The Kier molecular flexibility index (Phi) is 3.13. The van der Waals surface area contributed by atoms with Crippen LogP contribution in [-0.2, 0) is 0 Å². The summed E-state index contributed by atoms with van der Waals surface area (Å²) in [4.78, 5) is 15.3. The lowest BCUT2D eigenvalue weighted by molar-refractivity contribution is 0.102. The predicted octanol–water partition coefficient (Wildman–Crippen LogP) is 3.43. The van der Waals surface area contributed by atoms with Gasteiger partial charge in [-0.2, -0.15) is 0 Å².